The fourth-order valence-corrected chi connectivity index (χ4v) is 4.62. The van der Waals surface area contributed by atoms with E-state index in [0.717, 1.165) is 66.0 Å². The van der Waals surface area contributed by atoms with Crippen molar-refractivity contribution in [1.29, 1.82) is 0 Å². The number of benzene rings is 1. The van der Waals surface area contributed by atoms with Gasteiger partial charge in [-0.15, -0.1) is 0 Å². The van der Waals surface area contributed by atoms with Gasteiger partial charge in [-0.1, -0.05) is 6.92 Å². The highest BCUT2D eigenvalue weighted by atomic mass is 16.1. The first kappa shape index (κ1) is 21.2. The number of fused-ring (bicyclic) bond motifs is 2. The van der Waals surface area contributed by atoms with E-state index in [4.69, 9.17) is 0 Å². The minimum Gasteiger partial charge on any atom is -0.369 e. The second kappa shape index (κ2) is 8.70. The van der Waals surface area contributed by atoms with E-state index in [9.17, 15) is 9.59 Å². The summed E-state index contributed by atoms with van der Waals surface area (Å²) < 4.78 is 0. The third kappa shape index (κ3) is 4.09. The number of nitrogens with one attached hydrogen (secondary N) is 1. The summed E-state index contributed by atoms with van der Waals surface area (Å²) in [4.78, 5) is 37.6. The third-order valence-electron chi connectivity index (χ3n) is 6.57. The molecule has 4 heterocycles. The Morgan fingerprint density at radius 3 is 2.70 bits per heavy atom. The summed E-state index contributed by atoms with van der Waals surface area (Å²) in [5.74, 6) is 2.05. The van der Waals surface area contributed by atoms with Gasteiger partial charge in [0.25, 0.3) is 5.56 Å². The Kier molecular flexibility index (Phi) is 5.58. The summed E-state index contributed by atoms with van der Waals surface area (Å²) in [6.45, 7) is 6.52. The number of anilines is 1. The zero-order chi connectivity index (χ0) is 22.9. The predicted molar refractivity (Wildman–Crippen MR) is 132 cm³/mol. The summed E-state index contributed by atoms with van der Waals surface area (Å²) >= 11 is 0. The highest BCUT2D eigenvalue weighted by molar-refractivity contribution is 5.92. The third-order valence-corrected chi connectivity index (χ3v) is 6.57. The number of aromatic nitrogens is 2. The molecule has 0 unspecified atom stereocenters. The Morgan fingerprint density at radius 1 is 1.12 bits per heavy atom. The van der Waals surface area contributed by atoms with E-state index in [0.29, 0.717) is 12.1 Å². The maximum atomic E-state index is 12.2. The minimum absolute atomic E-state index is 0.0279. The number of carbonyl (C=O) groups excluding carboxylic acids is 1. The van der Waals surface area contributed by atoms with Crippen LogP contribution in [-0.2, 0) is 17.8 Å². The van der Waals surface area contributed by atoms with Crippen LogP contribution in [0.3, 0.4) is 0 Å². The van der Waals surface area contributed by atoms with Crippen molar-refractivity contribution >= 4 is 34.4 Å². The van der Waals surface area contributed by atoms with Gasteiger partial charge in [0, 0.05) is 69.0 Å². The average molecular weight is 442 g/mol. The molecule has 0 amide bonds. The van der Waals surface area contributed by atoms with Crippen LogP contribution in [-0.4, -0.2) is 58.9 Å². The Balaban J connectivity index is 1.26. The zero-order valence-electron chi connectivity index (χ0n) is 19.0. The molecule has 0 atom stereocenters. The number of nitrogens with zero attached hydrogens (tertiary/aromatic N) is 4. The summed E-state index contributed by atoms with van der Waals surface area (Å²) in [6, 6.07) is 10.2. The van der Waals surface area contributed by atoms with Crippen LogP contribution in [0.1, 0.15) is 29.2 Å². The summed E-state index contributed by atoms with van der Waals surface area (Å²) in [5.41, 5.74) is 7.18. The van der Waals surface area contributed by atoms with Gasteiger partial charge in [-0.2, -0.15) is 0 Å². The molecule has 168 valence electrons. The van der Waals surface area contributed by atoms with Crippen molar-refractivity contribution in [3.05, 3.63) is 75.3 Å². The molecule has 7 heteroatoms. The first-order chi connectivity index (χ1) is 16.1. The van der Waals surface area contributed by atoms with E-state index < -0.39 is 0 Å². The van der Waals surface area contributed by atoms with E-state index in [1.165, 1.54) is 5.69 Å². The number of hydrogen-bond donors (Lipinski definition) is 1. The quantitative estimate of drug-likeness (QED) is 0.628. The minimum atomic E-state index is -0.0279. The molecular formula is C26H27N5O2. The monoisotopic (exact) mass is 441 g/mol. The Bertz CT molecular complexity index is 1340. The molecule has 5 rings (SSSR count). The molecule has 2 aliphatic rings. The number of hydrogen-bond acceptors (Lipinski definition) is 6. The number of H-pyrrole nitrogens is 1. The van der Waals surface area contributed by atoms with Gasteiger partial charge in [0.15, 0.2) is 5.94 Å². The number of piperazine rings is 1. The van der Waals surface area contributed by atoms with Crippen LogP contribution in [0, 0.1) is 0 Å². The van der Waals surface area contributed by atoms with Gasteiger partial charge >= 0.3 is 0 Å². The average Bonchev–Trinajstić information content (AvgIpc) is 2.84. The summed E-state index contributed by atoms with van der Waals surface area (Å²) in [7, 11) is 1.86. The van der Waals surface area contributed by atoms with E-state index in [1.54, 1.807) is 4.90 Å². The smallest absolute Gasteiger partial charge is 0.251 e. The second-order valence-corrected chi connectivity index (χ2v) is 8.67. The number of aryl methyl sites for hydroxylation is 1. The van der Waals surface area contributed by atoms with Gasteiger partial charge in [-0.3, -0.25) is 14.7 Å². The molecule has 1 fully saturated rings. The largest absolute Gasteiger partial charge is 0.369 e. The van der Waals surface area contributed by atoms with E-state index in [2.05, 4.69) is 37.8 Å². The fourth-order valence-electron chi connectivity index (χ4n) is 4.62. The molecule has 1 aromatic carbocycles. The van der Waals surface area contributed by atoms with Crippen molar-refractivity contribution < 1.29 is 4.79 Å². The lowest BCUT2D eigenvalue weighted by Gasteiger charge is -2.36. The van der Waals surface area contributed by atoms with Gasteiger partial charge in [0.05, 0.1) is 11.0 Å². The van der Waals surface area contributed by atoms with Crippen molar-refractivity contribution in [2.75, 3.05) is 38.1 Å². The molecule has 1 N–H and O–H groups in total. The fraction of sp³-hybridized carbons (Fsp3) is 0.308. The second-order valence-electron chi connectivity index (χ2n) is 8.67. The van der Waals surface area contributed by atoms with Gasteiger partial charge < -0.3 is 14.8 Å². The van der Waals surface area contributed by atoms with Crippen LogP contribution in [0.15, 0.2) is 47.5 Å². The highest BCUT2D eigenvalue weighted by Crippen LogP contribution is 2.30. The summed E-state index contributed by atoms with van der Waals surface area (Å²) in [6.07, 6.45) is 6.55. The lowest BCUT2D eigenvalue weighted by atomic mass is 10.00. The molecule has 33 heavy (non-hydrogen) atoms. The Hall–Kier alpha value is -3.67. The highest BCUT2D eigenvalue weighted by Gasteiger charge is 2.21. The number of rotatable bonds is 4. The van der Waals surface area contributed by atoms with Crippen LogP contribution in [0.4, 0.5) is 5.69 Å². The molecule has 0 bridgehead atoms. The molecule has 0 radical (unpaired) electrons. The first-order valence-corrected chi connectivity index (χ1v) is 11.3. The number of aromatic amines is 1. The maximum Gasteiger partial charge on any atom is 0.251 e. The normalized spacial score (nSPS) is 16.2. The van der Waals surface area contributed by atoms with Gasteiger partial charge in [0.2, 0.25) is 0 Å². The van der Waals surface area contributed by atoms with E-state index in [1.807, 2.05) is 50.6 Å². The van der Waals surface area contributed by atoms with Crippen molar-refractivity contribution in [2.24, 2.45) is 0 Å². The molecule has 7 nitrogen and oxygen atoms in total. The van der Waals surface area contributed by atoms with Crippen molar-refractivity contribution in [3.8, 4) is 0 Å². The molecule has 2 aromatic heterocycles. The molecule has 0 saturated carbocycles. The first-order valence-electron chi connectivity index (χ1n) is 11.3. The lowest BCUT2D eigenvalue weighted by molar-refractivity contribution is 0.249. The molecule has 2 aliphatic heterocycles. The van der Waals surface area contributed by atoms with E-state index >= 15 is 0 Å². The summed E-state index contributed by atoms with van der Waals surface area (Å²) in [5, 5.41) is 0. The van der Waals surface area contributed by atoms with Crippen LogP contribution in [0.5, 0.6) is 0 Å². The van der Waals surface area contributed by atoms with Gasteiger partial charge in [-0.05, 0) is 54.0 Å². The van der Waals surface area contributed by atoms with Crippen LogP contribution in [0.25, 0.3) is 22.8 Å². The molecule has 3 aromatic rings. The van der Waals surface area contributed by atoms with Crippen molar-refractivity contribution in [3.63, 3.8) is 0 Å². The van der Waals surface area contributed by atoms with Gasteiger partial charge in [-0.25, -0.2) is 4.79 Å². The Labute approximate surface area is 192 Å². The standard InChI is InChI=1S/C26H27N5O2/c1-3-19-14-23-24(28-26(19)33)12-18(15-27-23)16-30-8-10-31(11-9-30)21-4-5-22-20(13-21)6-7-29(2)25(22)17-32/h4-7,12-15H,3,8-11,16H2,1-2H3,(H,28,33). The topological polar surface area (TPSA) is 72.5 Å². The molecule has 0 spiro atoms. The maximum absolute atomic E-state index is 12.2. The SMILES string of the molecule is CCc1cc2ncc(CN3CCN(c4ccc5c(c4)C=CN(C)C5=C=O)CC3)cc2[nH]c1=O. The van der Waals surface area contributed by atoms with Crippen molar-refractivity contribution in [1.82, 2.24) is 19.8 Å². The predicted octanol–water partition coefficient (Wildman–Crippen LogP) is 2.90. The molecule has 0 aliphatic carbocycles. The van der Waals surface area contributed by atoms with E-state index in [-0.39, 0.29) is 5.56 Å². The van der Waals surface area contributed by atoms with Gasteiger partial charge in [0.1, 0.15) is 5.70 Å². The lowest BCUT2D eigenvalue weighted by Crippen LogP contribution is -2.46. The van der Waals surface area contributed by atoms with Crippen LogP contribution >= 0.6 is 0 Å². The van der Waals surface area contributed by atoms with Crippen LogP contribution < -0.4 is 10.5 Å². The molecular weight excluding hydrogens is 414 g/mol. The van der Waals surface area contributed by atoms with Crippen LogP contribution in [0.2, 0.25) is 0 Å². The zero-order valence-corrected chi connectivity index (χ0v) is 19.0. The van der Waals surface area contributed by atoms with Crippen molar-refractivity contribution in [2.45, 2.75) is 19.9 Å². The number of pyridine rings is 2. The molecule has 1 saturated heterocycles. The Morgan fingerprint density at radius 2 is 1.94 bits per heavy atom.